The average Bonchev–Trinajstić information content (AvgIpc) is 3.22. The van der Waals surface area contributed by atoms with Crippen molar-refractivity contribution in [2.75, 3.05) is 19.4 Å². The molecular weight excluding hydrogens is 408 g/mol. The van der Waals surface area contributed by atoms with Crippen LogP contribution in [-0.2, 0) is 11.3 Å². The fraction of sp³-hybridized carbons (Fsp3) is 0.542. The Morgan fingerprint density at radius 2 is 2.06 bits per heavy atom. The number of hydrogen-bond donors (Lipinski definition) is 0. The van der Waals surface area contributed by atoms with Crippen LogP contribution in [0.15, 0.2) is 42.1 Å². The molecule has 1 saturated carbocycles. The minimum Gasteiger partial charge on any atom is -0.496 e. The molecule has 31 heavy (non-hydrogen) atoms. The first-order valence-electron chi connectivity index (χ1n) is 10.8. The summed E-state index contributed by atoms with van der Waals surface area (Å²) in [6, 6.07) is 8.12. The number of amides is 1. The Hall–Kier alpha value is -2.28. The molecular formula is C24H32N4O2S. The molecule has 0 radical (unpaired) electrons. The molecule has 2 bridgehead atoms. The zero-order valence-corrected chi connectivity index (χ0v) is 19.7. The number of rotatable bonds is 7. The van der Waals surface area contributed by atoms with Crippen molar-refractivity contribution < 1.29 is 9.53 Å². The number of para-hydroxylation sites is 1. The van der Waals surface area contributed by atoms with Gasteiger partial charge < -0.3 is 9.64 Å². The Morgan fingerprint density at radius 3 is 2.81 bits per heavy atom. The number of hydrogen-bond acceptors (Lipinski definition) is 5. The van der Waals surface area contributed by atoms with Gasteiger partial charge in [-0.15, -0.1) is 16.8 Å². The van der Waals surface area contributed by atoms with Crippen molar-refractivity contribution >= 4 is 17.7 Å². The van der Waals surface area contributed by atoms with Crippen LogP contribution in [0.4, 0.5) is 0 Å². The first kappa shape index (κ1) is 21.9. The number of ether oxygens (including phenoxy) is 1. The summed E-state index contributed by atoms with van der Waals surface area (Å²) in [4.78, 5) is 15.3. The lowest BCUT2D eigenvalue weighted by Gasteiger charge is -2.39. The highest BCUT2D eigenvalue weighted by atomic mass is 32.2. The molecule has 1 aromatic carbocycles. The van der Waals surface area contributed by atoms with Gasteiger partial charge in [0.25, 0.3) is 0 Å². The van der Waals surface area contributed by atoms with Crippen LogP contribution >= 0.6 is 11.8 Å². The van der Waals surface area contributed by atoms with Crippen molar-refractivity contribution in [3.63, 3.8) is 0 Å². The number of carbonyl (C=O) groups excluding carboxylic acids is 1. The third-order valence-corrected chi connectivity index (χ3v) is 7.39. The van der Waals surface area contributed by atoms with Gasteiger partial charge in [-0.2, -0.15) is 0 Å². The van der Waals surface area contributed by atoms with Gasteiger partial charge in [0.1, 0.15) is 5.75 Å². The van der Waals surface area contributed by atoms with Gasteiger partial charge in [0.15, 0.2) is 11.0 Å². The second-order valence-electron chi connectivity index (χ2n) is 9.93. The summed E-state index contributed by atoms with van der Waals surface area (Å²) in [5, 5.41) is 9.53. The summed E-state index contributed by atoms with van der Waals surface area (Å²) >= 11 is 1.45. The molecule has 0 spiro atoms. The fourth-order valence-electron chi connectivity index (χ4n) is 5.68. The van der Waals surface area contributed by atoms with Crippen molar-refractivity contribution in [1.82, 2.24) is 19.7 Å². The third-order valence-electron chi connectivity index (χ3n) is 6.44. The van der Waals surface area contributed by atoms with E-state index in [1.54, 1.807) is 7.11 Å². The van der Waals surface area contributed by atoms with Gasteiger partial charge in [0, 0.05) is 19.1 Å². The van der Waals surface area contributed by atoms with E-state index < -0.39 is 0 Å². The predicted octanol–water partition coefficient (Wildman–Crippen LogP) is 4.66. The van der Waals surface area contributed by atoms with E-state index in [1.807, 2.05) is 34.9 Å². The lowest BCUT2D eigenvalue weighted by atomic mass is 9.65. The maximum Gasteiger partial charge on any atom is 0.233 e. The van der Waals surface area contributed by atoms with E-state index in [2.05, 4.69) is 42.4 Å². The fourth-order valence-corrected chi connectivity index (χ4v) is 6.51. The summed E-state index contributed by atoms with van der Waals surface area (Å²) in [7, 11) is 1.65. The van der Waals surface area contributed by atoms with E-state index in [0.29, 0.717) is 23.8 Å². The number of allylic oxidation sites excluding steroid dienone is 1. The number of methoxy groups -OCH3 is 1. The Kier molecular flexibility index (Phi) is 5.90. The largest absolute Gasteiger partial charge is 0.496 e. The van der Waals surface area contributed by atoms with E-state index in [1.165, 1.54) is 18.2 Å². The molecule has 2 unspecified atom stereocenters. The van der Waals surface area contributed by atoms with Crippen molar-refractivity contribution in [3.8, 4) is 17.1 Å². The molecule has 1 aliphatic carbocycles. The number of aromatic nitrogens is 3. The van der Waals surface area contributed by atoms with E-state index in [9.17, 15) is 4.79 Å². The van der Waals surface area contributed by atoms with Gasteiger partial charge in [-0.25, -0.2) is 0 Å². The van der Waals surface area contributed by atoms with Crippen LogP contribution in [0.5, 0.6) is 5.75 Å². The van der Waals surface area contributed by atoms with Crippen LogP contribution in [0.3, 0.4) is 0 Å². The average molecular weight is 441 g/mol. The monoisotopic (exact) mass is 440 g/mol. The lowest BCUT2D eigenvalue weighted by Crippen LogP contribution is -2.38. The number of nitrogens with zero attached hydrogens (tertiary/aromatic N) is 4. The van der Waals surface area contributed by atoms with E-state index in [-0.39, 0.29) is 11.3 Å². The topological polar surface area (TPSA) is 60.2 Å². The van der Waals surface area contributed by atoms with Gasteiger partial charge in [-0.05, 0) is 42.2 Å². The Balaban J connectivity index is 1.51. The molecule has 166 valence electrons. The van der Waals surface area contributed by atoms with Gasteiger partial charge in [-0.3, -0.25) is 9.36 Å². The zero-order valence-electron chi connectivity index (χ0n) is 18.9. The molecule has 4 rings (SSSR count). The van der Waals surface area contributed by atoms with Crippen molar-refractivity contribution in [2.24, 2.45) is 10.8 Å². The quantitative estimate of drug-likeness (QED) is 0.463. The van der Waals surface area contributed by atoms with Crippen molar-refractivity contribution in [2.45, 2.75) is 57.8 Å². The van der Waals surface area contributed by atoms with Gasteiger partial charge >= 0.3 is 0 Å². The summed E-state index contributed by atoms with van der Waals surface area (Å²) in [5.41, 5.74) is 1.42. The van der Waals surface area contributed by atoms with Crippen molar-refractivity contribution in [3.05, 3.63) is 36.9 Å². The third kappa shape index (κ3) is 4.38. The first-order chi connectivity index (χ1) is 14.8. The standard InChI is InChI=1S/C24H32N4O2S/c1-6-11-27-21(18-9-7-8-10-19(18)30-5)25-26-22(27)31-14-20(29)28-16-24(4)13-17(28)12-23(2,3)15-24/h6-10,17H,1,11-16H2,2-5H3. The summed E-state index contributed by atoms with van der Waals surface area (Å²) in [5.74, 6) is 2.03. The lowest BCUT2D eigenvalue weighted by molar-refractivity contribution is -0.129. The van der Waals surface area contributed by atoms with Crippen LogP contribution in [0.25, 0.3) is 11.4 Å². The molecule has 1 amide bonds. The van der Waals surface area contributed by atoms with Crippen LogP contribution in [0.2, 0.25) is 0 Å². The number of carbonyl (C=O) groups is 1. The van der Waals surface area contributed by atoms with Crippen LogP contribution in [0.1, 0.15) is 40.0 Å². The molecule has 1 aromatic heterocycles. The normalized spacial score (nSPS) is 24.3. The minimum absolute atomic E-state index is 0.198. The van der Waals surface area contributed by atoms with Gasteiger partial charge in [-0.1, -0.05) is 50.7 Å². The summed E-state index contributed by atoms with van der Waals surface area (Å²) in [6.07, 6.45) is 5.21. The Labute approximate surface area is 189 Å². The summed E-state index contributed by atoms with van der Waals surface area (Å²) in [6.45, 7) is 12.3. The zero-order chi connectivity index (χ0) is 22.2. The molecule has 2 heterocycles. The maximum atomic E-state index is 13.2. The Morgan fingerprint density at radius 1 is 1.29 bits per heavy atom. The minimum atomic E-state index is 0.198. The van der Waals surface area contributed by atoms with E-state index in [4.69, 9.17) is 4.74 Å². The first-order valence-corrected chi connectivity index (χ1v) is 11.8. The second-order valence-corrected chi connectivity index (χ2v) is 10.9. The second kappa shape index (κ2) is 8.34. The number of likely N-dealkylation sites (tertiary alicyclic amines) is 1. The number of thioether (sulfide) groups is 1. The summed E-state index contributed by atoms with van der Waals surface area (Å²) < 4.78 is 7.50. The predicted molar refractivity (Wildman–Crippen MR) is 124 cm³/mol. The van der Waals surface area contributed by atoms with Crippen LogP contribution < -0.4 is 4.74 Å². The SMILES string of the molecule is C=CCn1c(SCC(=O)N2CC3(C)CC2CC(C)(C)C3)nnc1-c1ccccc1OC. The van der Waals surface area contributed by atoms with Gasteiger partial charge in [0.2, 0.25) is 5.91 Å². The van der Waals surface area contributed by atoms with E-state index in [0.717, 1.165) is 41.7 Å². The smallest absolute Gasteiger partial charge is 0.233 e. The van der Waals surface area contributed by atoms with Crippen LogP contribution in [-0.4, -0.2) is 51.0 Å². The molecule has 1 saturated heterocycles. The molecule has 6 nitrogen and oxygen atoms in total. The van der Waals surface area contributed by atoms with Crippen LogP contribution in [0, 0.1) is 10.8 Å². The molecule has 2 aromatic rings. The van der Waals surface area contributed by atoms with E-state index >= 15 is 0 Å². The van der Waals surface area contributed by atoms with Gasteiger partial charge in [0.05, 0.1) is 18.4 Å². The molecule has 0 N–H and O–H groups in total. The highest BCUT2D eigenvalue weighted by Gasteiger charge is 2.50. The molecule has 1 aliphatic heterocycles. The molecule has 7 heteroatoms. The highest BCUT2D eigenvalue weighted by Crippen LogP contribution is 2.52. The highest BCUT2D eigenvalue weighted by molar-refractivity contribution is 7.99. The molecule has 2 fully saturated rings. The number of fused-ring (bicyclic) bond motifs is 2. The molecule has 2 atom stereocenters. The maximum absolute atomic E-state index is 13.2. The van der Waals surface area contributed by atoms with Crippen molar-refractivity contribution in [1.29, 1.82) is 0 Å². The Bertz CT molecular complexity index is 986. The molecule has 2 aliphatic rings. The number of benzene rings is 1.